The highest BCUT2D eigenvalue weighted by Crippen LogP contribution is 2.20. The Morgan fingerprint density at radius 1 is 1.57 bits per heavy atom. The normalized spacial score (nSPS) is 12.1. The molecule has 0 aromatic heterocycles. The fourth-order valence-electron chi connectivity index (χ4n) is 1.34. The molecule has 0 heterocycles. The predicted octanol–water partition coefficient (Wildman–Crippen LogP) is 2.66. The molecule has 0 radical (unpaired) electrons. The first kappa shape index (κ1) is 10.8. The molecule has 0 saturated carbocycles. The molecule has 2 heteroatoms. The van der Waals surface area contributed by atoms with Crippen LogP contribution < -0.4 is 10.5 Å². The molecular formula is C12H17NO. The van der Waals surface area contributed by atoms with Crippen LogP contribution in [0.25, 0.3) is 0 Å². The van der Waals surface area contributed by atoms with E-state index in [0.29, 0.717) is 0 Å². The second-order valence-corrected chi connectivity index (χ2v) is 3.25. The largest absolute Gasteiger partial charge is 0.497 e. The van der Waals surface area contributed by atoms with Gasteiger partial charge in [-0.3, -0.25) is 0 Å². The van der Waals surface area contributed by atoms with Crippen LogP contribution in [0.4, 0.5) is 0 Å². The Morgan fingerprint density at radius 2 is 2.36 bits per heavy atom. The van der Waals surface area contributed by atoms with Crippen molar-refractivity contribution in [1.82, 2.24) is 0 Å². The van der Waals surface area contributed by atoms with Crippen molar-refractivity contribution in [2.45, 2.75) is 18.9 Å². The zero-order valence-corrected chi connectivity index (χ0v) is 8.57. The van der Waals surface area contributed by atoms with E-state index in [4.69, 9.17) is 10.5 Å². The summed E-state index contributed by atoms with van der Waals surface area (Å²) >= 11 is 0. The molecule has 1 atom stereocenters. The molecule has 1 aromatic rings. The molecule has 0 aliphatic rings. The van der Waals surface area contributed by atoms with Gasteiger partial charge in [-0.15, -0.1) is 6.58 Å². The van der Waals surface area contributed by atoms with Crippen LogP contribution in [-0.2, 0) is 0 Å². The van der Waals surface area contributed by atoms with E-state index in [1.54, 1.807) is 7.11 Å². The smallest absolute Gasteiger partial charge is 0.119 e. The van der Waals surface area contributed by atoms with Gasteiger partial charge in [-0.2, -0.15) is 0 Å². The minimum Gasteiger partial charge on any atom is -0.497 e. The number of nitrogens with two attached hydrogens (primary N) is 1. The Hall–Kier alpha value is -1.28. The maximum atomic E-state index is 6.00. The van der Waals surface area contributed by atoms with Gasteiger partial charge in [0.05, 0.1) is 7.11 Å². The molecule has 0 saturated heterocycles. The Kier molecular flexibility index (Phi) is 4.20. The van der Waals surface area contributed by atoms with Gasteiger partial charge in [0, 0.05) is 6.04 Å². The van der Waals surface area contributed by atoms with E-state index in [2.05, 4.69) is 6.58 Å². The average Bonchev–Trinajstić information content (AvgIpc) is 2.26. The third-order valence-corrected chi connectivity index (χ3v) is 2.20. The quantitative estimate of drug-likeness (QED) is 0.726. The summed E-state index contributed by atoms with van der Waals surface area (Å²) in [6, 6.07) is 7.96. The molecule has 14 heavy (non-hydrogen) atoms. The van der Waals surface area contributed by atoms with Gasteiger partial charge in [-0.05, 0) is 30.5 Å². The number of methoxy groups -OCH3 is 1. The molecule has 0 aliphatic carbocycles. The Balaban J connectivity index is 2.68. The molecule has 1 unspecified atom stereocenters. The van der Waals surface area contributed by atoms with E-state index in [0.717, 1.165) is 24.2 Å². The molecule has 2 nitrogen and oxygen atoms in total. The first-order valence-corrected chi connectivity index (χ1v) is 4.78. The number of allylic oxidation sites excluding steroid dienone is 1. The van der Waals surface area contributed by atoms with Crippen molar-refractivity contribution in [2.24, 2.45) is 5.73 Å². The standard InChI is InChI=1S/C12H17NO/c1-3-4-8-12(13)10-6-5-7-11(9-10)14-2/h3,5-7,9,12H,1,4,8,13H2,2H3. The molecule has 1 aromatic carbocycles. The van der Waals surface area contributed by atoms with Gasteiger partial charge in [0.25, 0.3) is 0 Å². The molecule has 0 amide bonds. The molecule has 0 bridgehead atoms. The third kappa shape index (κ3) is 2.89. The van der Waals surface area contributed by atoms with Gasteiger partial charge in [-0.25, -0.2) is 0 Å². The molecule has 0 fully saturated rings. The van der Waals surface area contributed by atoms with E-state index in [1.165, 1.54) is 0 Å². The monoisotopic (exact) mass is 191 g/mol. The lowest BCUT2D eigenvalue weighted by Gasteiger charge is -2.11. The maximum Gasteiger partial charge on any atom is 0.119 e. The molecule has 0 spiro atoms. The second-order valence-electron chi connectivity index (χ2n) is 3.25. The van der Waals surface area contributed by atoms with E-state index >= 15 is 0 Å². The summed E-state index contributed by atoms with van der Waals surface area (Å²) in [5.74, 6) is 0.858. The minimum absolute atomic E-state index is 0.0723. The molecular weight excluding hydrogens is 174 g/mol. The number of rotatable bonds is 5. The first-order chi connectivity index (χ1) is 6.77. The summed E-state index contributed by atoms with van der Waals surface area (Å²) in [7, 11) is 1.66. The number of hydrogen-bond acceptors (Lipinski definition) is 2. The summed E-state index contributed by atoms with van der Waals surface area (Å²) < 4.78 is 5.13. The zero-order valence-electron chi connectivity index (χ0n) is 8.57. The number of benzene rings is 1. The Morgan fingerprint density at radius 3 is 3.00 bits per heavy atom. The van der Waals surface area contributed by atoms with Crippen molar-refractivity contribution in [3.8, 4) is 5.75 Å². The highest BCUT2D eigenvalue weighted by Gasteiger charge is 2.05. The van der Waals surface area contributed by atoms with Gasteiger partial charge in [-0.1, -0.05) is 18.2 Å². The van der Waals surface area contributed by atoms with Crippen LogP contribution >= 0.6 is 0 Å². The molecule has 76 valence electrons. The van der Waals surface area contributed by atoms with E-state index in [-0.39, 0.29) is 6.04 Å². The van der Waals surface area contributed by atoms with E-state index in [9.17, 15) is 0 Å². The van der Waals surface area contributed by atoms with Crippen LogP contribution in [0.1, 0.15) is 24.4 Å². The van der Waals surface area contributed by atoms with Crippen LogP contribution in [0, 0.1) is 0 Å². The van der Waals surface area contributed by atoms with Gasteiger partial charge < -0.3 is 10.5 Å². The van der Waals surface area contributed by atoms with Crippen molar-refractivity contribution < 1.29 is 4.74 Å². The highest BCUT2D eigenvalue weighted by atomic mass is 16.5. The molecule has 2 N–H and O–H groups in total. The van der Waals surface area contributed by atoms with Crippen molar-refractivity contribution in [2.75, 3.05) is 7.11 Å². The van der Waals surface area contributed by atoms with Gasteiger partial charge in [0.2, 0.25) is 0 Å². The summed E-state index contributed by atoms with van der Waals surface area (Å²) in [4.78, 5) is 0. The van der Waals surface area contributed by atoms with Crippen molar-refractivity contribution >= 4 is 0 Å². The SMILES string of the molecule is C=CCCC(N)c1cccc(OC)c1. The van der Waals surface area contributed by atoms with Gasteiger partial charge in [0.1, 0.15) is 5.75 Å². The lowest BCUT2D eigenvalue weighted by atomic mass is 10.0. The Bertz CT molecular complexity index is 296. The highest BCUT2D eigenvalue weighted by molar-refractivity contribution is 5.30. The van der Waals surface area contributed by atoms with Gasteiger partial charge in [0.15, 0.2) is 0 Å². The lowest BCUT2D eigenvalue weighted by molar-refractivity contribution is 0.413. The van der Waals surface area contributed by atoms with Crippen LogP contribution in [0.15, 0.2) is 36.9 Å². The number of ether oxygens (including phenoxy) is 1. The minimum atomic E-state index is 0.0723. The van der Waals surface area contributed by atoms with Crippen molar-refractivity contribution in [3.05, 3.63) is 42.5 Å². The topological polar surface area (TPSA) is 35.2 Å². The van der Waals surface area contributed by atoms with E-state index in [1.807, 2.05) is 30.3 Å². The molecule has 0 aliphatic heterocycles. The summed E-state index contributed by atoms with van der Waals surface area (Å²) in [6.07, 6.45) is 3.76. The van der Waals surface area contributed by atoms with Crippen molar-refractivity contribution in [3.63, 3.8) is 0 Å². The zero-order chi connectivity index (χ0) is 10.4. The fraction of sp³-hybridized carbons (Fsp3) is 0.333. The maximum absolute atomic E-state index is 6.00. The Labute approximate surface area is 85.4 Å². The lowest BCUT2D eigenvalue weighted by Crippen LogP contribution is -2.09. The fourth-order valence-corrected chi connectivity index (χ4v) is 1.34. The third-order valence-electron chi connectivity index (χ3n) is 2.20. The predicted molar refractivity (Wildman–Crippen MR) is 59.4 cm³/mol. The average molecular weight is 191 g/mol. The summed E-state index contributed by atoms with van der Waals surface area (Å²) in [5, 5.41) is 0. The molecule has 1 rings (SSSR count). The van der Waals surface area contributed by atoms with E-state index < -0.39 is 0 Å². The van der Waals surface area contributed by atoms with Crippen LogP contribution in [0.3, 0.4) is 0 Å². The van der Waals surface area contributed by atoms with Crippen LogP contribution in [-0.4, -0.2) is 7.11 Å². The summed E-state index contributed by atoms with van der Waals surface area (Å²) in [6.45, 7) is 3.68. The van der Waals surface area contributed by atoms with Crippen LogP contribution in [0.5, 0.6) is 5.75 Å². The summed E-state index contributed by atoms with van der Waals surface area (Å²) in [5.41, 5.74) is 7.12. The van der Waals surface area contributed by atoms with Gasteiger partial charge >= 0.3 is 0 Å². The van der Waals surface area contributed by atoms with Crippen LogP contribution in [0.2, 0.25) is 0 Å². The number of hydrogen-bond donors (Lipinski definition) is 1. The van der Waals surface area contributed by atoms with Crippen molar-refractivity contribution in [1.29, 1.82) is 0 Å². The second kappa shape index (κ2) is 5.45. The first-order valence-electron chi connectivity index (χ1n) is 4.78.